The topological polar surface area (TPSA) is 83.8 Å². The van der Waals surface area contributed by atoms with Gasteiger partial charge in [-0.2, -0.15) is 9.41 Å². The number of carbonyl (C=O) groups is 1. The Kier molecular flexibility index (Phi) is 9.40. The number of hydrogen-bond donors (Lipinski definition) is 1. The number of sulfonamides is 1. The molecule has 39 heavy (non-hydrogen) atoms. The summed E-state index contributed by atoms with van der Waals surface area (Å²) < 4.78 is 30.8. The lowest BCUT2D eigenvalue weighted by Gasteiger charge is -2.21. The minimum absolute atomic E-state index is 0.114. The Morgan fingerprint density at radius 1 is 1.03 bits per heavy atom. The third-order valence-corrected chi connectivity index (χ3v) is 8.82. The number of amides is 1. The van der Waals surface area contributed by atoms with Gasteiger partial charge in [-0.1, -0.05) is 63.9 Å². The van der Waals surface area contributed by atoms with Crippen molar-refractivity contribution in [2.24, 2.45) is 5.10 Å². The van der Waals surface area contributed by atoms with Crippen LogP contribution in [-0.4, -0.2) is 42.5 Å². The number of benzene rings is 3. The van der Waals surface area contributed by atoms with Gasteiger partial charge in [-0.05, 0) is 74.4 Å². The van der Waals surface area contributed by atoms with Crippen LogP contribution in [0.15, 0.2) is 99.4 Å². The second kappa shape index (κ2) is 12.7. The van der Waals surface area contributed by atoms with Gasteiger partial charge in [0.25, 0.3) is 5.91 Å². The molecule has 0 radical (unpaired) electrons. The number of aryl methyl sites for hydroxylation is 1. The Morgan fingerprint density at radius 3 is 2.44 bits per heavy atom. The molecule has 0 bridgehead atoms. The highest BCUT2D eigenvalue weighted by Crippen LogP contribution is 2.22. The number of rotatable bonds is 10. The van der Waals surface area contributed by atoms with E-state index in [1.54, 1.807) is 18.3 Å². The van der Waals surface area contributed by atoms with Gasteiger partial charge in [0.2, 0.25) is 10.0 Å². The van der Waals surface area contributed by atoms with Crippen LogP contribution < -0.4 is 5.43 Å². The number of hydrazone groups is 1. The molecule has 202 valence electrons. The maximum Gasteiger partial charge on any atom is 0.255 e. The van der Waals surface area contributed by atoms with E-state index in [0.29, 0.717) is 11.4 Å². The van der Waals surface area contributed by atoms with Gasteiger partial charge in [-0.3, -0.25) is 4.79 Å². The largest absolute Gasteiger partial charge is 0.318 e. The van der Waals surface area contributed by atoms with Gasteiger partial charge in [0.15, 0.2) is 0 Å². The van der Waals surface area contributed by atoms with Crippen molar-refractivity contribution in [3.05, 3.63) is 117 Å². The lowest BCUT2D eigenvalue weighted by Crippen LogP contribution is -2.40. The number of nitrogens with zero attached hydrogens (tertiary/aromatic N) is 3. The Bertz CT molecular complexity index is 1590. The van der Waals surface area contributed by atoms with E-state index in [4.69, 9.17) is 11.6 Å². The summed E-state index contributed by atoms with van der Waals surface area (Å²) in [5.41, 5.74) is 7.11. The second-order valence-electron chi connectivity index (χ2n) is 8.96. The van der Waals surface area contributed by atoms with Crippen molar-refractivity contribution in [1.82, 2.24) is 14.3 Å². The summed E-state index contributed by atoms with van der Waals surface area (Å²) in [7, 11) is -3.92. The highest BCUT2D eigenvalue weighted by atomic mass is 79.9. The minimum atomic E-state index is -3.92. The van der Waals surface area contributed by atoms with Crippen LogP contribution in [0.3, 0.4) is 0 Å². The summed E-state index contributed by atoms with van der Waals surface area (Å²) in [6.45, 7) is 3.69. The van der Waals surface area contributed by atoms with Gasteiger partial charge in [0.1, 0.15) is 0 Å². The fraction of sp³-hybridized carbons (Fsp3) is 0.172. The van der Waals surface area contributed by atoms with Gasteiger partial charge < -0.3 is 4.57 Å². The molecule has 0 spiro atoms. The molecule has 4 aromatic rings. The fourth-order valence-electron chi connectivity index (χ4n) is 4.24. The van der Waals surface area contributed by atoms with Gasteiger partial charge in [0, 0.05) is 38.7 Å². The van der Waals surface area contributed by atoms with Crippen LogP contribution >= 0.6 is 27.5 Å². The molecule has 3 aromatic carbocycles. The van der Waals surface area contributed by atoms with E-state index in [0.717, 1.165) is 32.7 Å². The Hall–Kier alpha value is -3.24. The zero-order valence-corrected chi connectivity index (χ0v) is 24.7. The van der Waals surface area contributed by atoms with Crippen LogP contribution in [0.25, 0.3) is 5.69 Å². The third kappa shape index (κ3) is 7.24. The molecular weight excluding hydrogens is 600 g/mol. The predicted molar refractivity (Wildman–Crippen MR) is 159 cm³/mol. The molecule has 4 rings (SSSR count). The summed E-state index contributed by atoms with van der Waals surface area (Å²) in [6, 6.07) is 25.4. The van der Waals surface area contributed by atoms with Gasteiger partial charge in [0.05, 0.1) is 17.7 Å². The molecular formula is C29H28BrClN4O3S. The van der Waals surface area contributed by atoms with E-state index < -0.39 is 15.9 Å². The van der Waals surface area contributed by atoms with Crippen molar-refractivity contribution in [1.29, 1.82) is 0 Å². The van der Waals surface area contributed by atoms with Gasteiger partial charge in [-0.25, -0.2) is 13.8 Å². The van der Waals surface area contributed by atoms with Gasteiger partial charge in [-0.15, -0.1) is 0 Å². The first kappa shape index (κ1) is 28.8. The first-order chi connectivity index (χ1) is 18.6. The normalized spacial score (nSPS) is 11.8. The molecule has 1 aromatic heterocycles. The van der Waals surface area contributed by atoms with E-state index in [-0.39, 0.29) is 18.0 Å². The van der Waals surface area contributed by atoms with Gasteiger partial charge >= 0.3 is 0 Å². The molecule has 10 heteroatoms. The van der Waals surface area contributed by atoms with Crippen molar-refractivity contribution in [3.8, 4) is 5.69 Å². The van der Waals surface area contributed by atoms with E-state index >= 15 is 0 Å². The highest BCUT2D eigenvalue weighted by Gasteiger charge is 2.26. The zero-order chi connectivity index (χ0) is 28.0. The zero-order valence-electron chi connectivity index (χ0n) is 21.5. The molecule has 0 saturated carbocycles. The summed E-state index contributed by atoms with van der Waals surface area (Å²) in [5, 5.41) is 4.75. The summed E-state index contributed by atoms with van der Waals surface area (Å²) in [4.78, 5) is 13.0. The van der Waals surface area contributed by atoms with E-state index in [1.165, 1.54) is 16.4 Å². The van der Waals surface area contributed by atoms with Crippen LogP contribution in [0.5, 0.6) is 0 Å². The molecule has 0 atom stereocenters. The lowest BCUT2D eigenvalue weighted by molar-refractivity contribution is -0.121. The molecule has 0 fully saturated rings. The number of halogens is 2. The Balaban J connectivity index is 1.49. The monoisotopic (exact) mass is 626 g/mol. The smallest absolute Gasteiger partial charge is 0.255 e. The first-order valence-electron chi connectivity index (χ1n) is 12.2. The SMILES string of the molecule is Cc1cc(/C=N/NC(=O)CN(CCc2ccccc2)S(=O)(=O)c2ccc(Br)cc2)c(C)n1-c1cccc(Cl)c1. The van der Waals surface area contributed by atoms with E-state index in [9.17, 15) is 13.2 Å². The maximum absolute atomic E-state index is 13.4. The Morgan fingerprint density at radius 2 is 1.74 bits per heavy atom. The van der Waals surface area contributed by atoms with Crippen molar-refractivity contribution in [2.45, 2.75) is 25.2 Å². The average molecular weight is 628 g/mol. The van der Waals surface area contributed by atoms with Crippen LogP contribution in [0.1, 0.15) is 22.5 Å². The third-order valence-electron chi connectivity index (χ3n) is 6.19. The van der Waals surface area contributed by atoms with Crippen LogP contribution in [0, 0.1) is 13.8 Å². The van der Waals surface area contributed by atoms with Crippen molar-refractivity contribution < 1.29 is 13.2 Å². The summed E-state index contributed by atoms with van der Waals surface area (Å²) in [5.74, 6) is -0.538. The fourth-order valence-corrected chi connectivity index (χ4v) is 6.08. The van der Waals surface area contributed by atoms with Crippen molar-refractivity contribution in [2.75, 3.05) is 13.1 Å². The number of hydrogen-bond acceptors (Lipinski definition) is 4. The van der Waals surface area contributed by atoms with Crippen LogP contribution in [0.4, 0.5) is 0 Å². The molecule has 0 aliphatic rings. The Labute approximate surface area is 242 Å². The molecule has 1 N–H and O–H groups in total. The molecule has 1 amide bonds. The van der Waals surface area contributed by atoms with Crippen molar-refractivity contribution in [3.63, 3.8) is 0 Å². The van der Waals surface area contributed by atoms with E-state index in [1.807, 2.05) is 79.1 Å². The molecule has 1 heterocycles. The van der Waals surface area contributed by atoms with Crippen molar-refractivity contribution >= 4 is 49.7 Å². The maximum atomic E-state index is 13.4. The minimum Gasteiger partial charge on any atom is -0.318 e. The number of aromatic nitrogens is 1. The van der Waals surface area contributed by atoms with E-state index in [2.05, 4.69) is 26.5 Å². The summed E-state index contributed by atoms with van der Waals surface area (Å²) >= 11 is 9.50. The molecule has 0 aliphatic carbocycles. The van der Waals surface area contributed by atoms with Crippen LogP contribution in [-0.2, 0) is 21.2 Å². The first-order valence-corrected chi connectivity index (χ1v) is 14.8. The quantitative estimate of drug-likeness (QED) is 0.176. The lowest BCUT2D eigenvalue weighted by atomic mass is 10.1. The standard InChI is InChI=1S/C29H28BrClN4O3S/c1-21-17-24(22(2)35(21)27-10-6-9-26(31)18-27)19-32-33-29(36)20-34(16-15-23-7-4-3-5-8-23)39(37,38)28-13-11-25(30)12-14-28/h3-14,17-19H,15-16,20H2,1-2H3,(H,33,36)/b32-19+. The van der Waals surface area contributed by atoms with Crippen LogP contribution in [0.2, 0.25) is 5.02 Å². The molecule has 7 nitrogen and oxygen atoms in total. The predicted octanol–water partition coefficient (Wildman–Crippen LogP) is 5.89. The molecule has 0 aliphatic heterocycles. The number of nitrogens with one attached hydrogen (secondary N) is 1. The highest BCUT2D eigenvalue weighted by molar-refractivity contribution is 9.10. The molecule has 0 unspecified atom stereocenters. The molecule has 0 saturated heterocycles. The summed E-state index contributed by atoms with van der Waals surface area (Å²) in [6.07, 6.45) is 2.02. The second-order valence-corrected chi connectivity index (χ2v) is 12.3. The number of carbonyl (C=O) groups excluding carboxylic acids is 1. The average Bonchev–Trinajstić information content (AvgIpc) is 3.19.